The number of amides is 1. The molecule has 0 bridgehead atoms. The van der Waals surface area contributed by atoms with Crippen LogP contribution in [0.25, 0.3) is 0 Å². The molecule has 0 aromatic carbocycles. The Labute approximate surface area is 116 Å². The molecule has 1 aliphatic rings. The van der Waals surface area contributed by atoms with E-state index in [0.717, 1.165) is 23.4 Å². The molecule has 102 valence electrons. The number of fused-ring (bicyclic) bond motifs is 1. The number of rotatable bonds is 0. The highest BCUT2D eigenvalue weighted by Gasteiger charge is 2.31. The number of nitrogens with two attached hydrogens (primary N) is 1. The first-order valence-corrected chi connectivity index (χ1v) is 6.97. The summed E-state index contributed by atoms with van der Waals surface area (Å²) in [4.78, 5) is 13.8. The zero-order valence-electron chi connectivity index (χ0n) is 11.3. The van der Waals surface area contributed by atoms with E-state index in [-0.39, 0.29) is 6.09 Å². The molecule has 19 heavy (non-hydrogen) atoms. The lowest BCUT2D eigenvalue weighted by Gasteiger charge is -2.29. The van der Waals surface area contributed by atoms with Gasteiger partial charge in [0.05, 0.1) is 5.56 Å². The monoisotopic (exact) mass is 279 g/mol. The molecule has 2 heterocycles. The normalized spacial score (nSPS) is 14.7. The topological polar surface area (TPSA) is 79.3 Å². The van der Waals surface area contributed by atoms with Crippen molar-refractivity contribution in [3.8, 4) is 6.07 Å². The fraction of sp³-hybridized carbons (Fsp3) is 0.538. The summed E-state index contributed by atoms with van der Waals surface area (Å²) in [5.74, 6) is 0. The maximum atomic E-state index is 12.2. The van der Waals surface area contributed by atoms with Gasteiger partial charge >= 0.3 is 6.09 Å². The van der Waals surface area contributed by atoms with E-state index in [1.165, 1.54) is 11.3 Å². The lowest BCUT2D eigenvalue weighted by molar-refractivity contribution is 0.0579. The predicted molar refractivity (Wildman–Crippen MR) is 75.3 cm³/mol. The highest BCUT2D eigenvalue weighted by atomic mass is 32.1. The molecule has 2 N–H and O–H groups in total. The van der Waals surface area contributed by atoms with Gasteiger partial charge in [0, 0.05) is 12.1 Å². The van der Waals surface area contributed by atoms with E-state index in [9.17, 15) is 4.79 Å². The van der Waals surface area contributed by atoms with E-state index in [1.54, 1.807) is 4.90 Å². The largest absolute Gasteiger partial charge is 0.443 e. The van der Waals surface area contributed by atoms with Crippen molar-refractivity contribution >= 4 is 27.4 Å². The summed E-state index contributed by atoms with van der Waals surface area (Å²) in [7, 11) is 0. The molecule has 0 atom stereocenters. The van der Waals surface area contributed by atoms with Crippen molar-refractivity contribution in [3.63, 3.8) is 0 Å². The molecule has 0 saturated carbocycles. The van der Waals surface area contributed by atoms with Crippen molar-refractivity contribution < 1.29 is 9.53 Å². The van der Waals surface area contributed by atoms with Gasteiger partial charge in [-0.3, -0.25) is 4.90 Å². The first-order valence-electron chi connectivity index (χ1n) is 6.15. The van der Waals surface area contributed by atoms with E-state index in [2.05, 4.69) is 6.07 Å². The quantitative estimate of drug-likeness (QED) is 0.792. The van der Waals surface area contributed by atoms with Gasteiger partial charge in [-0.1, -0.05) is 11.3 Å². The second-order valence-electron chi connectivity index (χ2n) is 5.47. The molecular formula is C13H17N3O2S. The molecule has 0 radical (unpaired) electrons. The third-order valence-electron chi connectivity index (χ3n) is 2.79. The molecule has 1 aliphatic heterocycles. The Hall–Kier alpha value is -1.74. The number of hydrogen-bond acceptors (Lipinski definition) is 5. The standard InChI is InChI=1S/C13H17N3O2S/c1-13(2,3)18-12(17)16-6-4-5-8-9(7-14)10(15)19-11(8)16/h4-6,15H2,1-3H3. The number of anilines is 2. The van der Waals surface area contributed by atoms with Gasteiger partial charge in [-0.25, -0.2) is 4.79 Å². The van der Waals surface area contributed by atoms with Crippen LogP contribution in [0.2, 0.25) is 0 Å². The summed E-state index contributed by atoms with van der Waals surface area (Å²) in [6.45, 7) is 6.10. The number of hydrogen-bond donors (Lipinski definition) is 1. The van der Waals surface area contributed by atoms with Crippen molar-refractivity contribution in [2.45, 2.75) is 39.2 Å². The first kappa shape index (κ1) is 13.7. The Morgan fingerprint density at radius 3 is 2.79 bits per heavy atom. The molecule has 0 fully saturated rings. The van der Waals surface area contributed by atoms with Crippen LogP contribution in [0.1, 0.15) is 38.3 Å². The molecule has 5 nitrogen and oxygen atoms in total. The number of carbonyl (C=O) groups is 1. The van der Waals surface area contributed by atoms with Crippen LogP contribution < -0.4 is 10.6 Å². The Balaban J connectivity index is 2.33. The third kappa shape index (κ3) is 2.66. The van der Waals surface area contributed by atoms with Crippen LogP contribution in [0.5, 0.6) is 0 Å². The number of ether oxygens (including phenoxy) is 1. The molecular weight excluding hydrogens is 262 g/mol. The summed E-state index contributed by atoms with van der Waals surface area (Å²) < 4.78 is 5.39. The molecule has 6 heteroatoms. The maximum absolute atomic E-state index is 12.2. The number of nitrogen functional groups attached to an aromatic ring is 1. The molecule has 0 unspecified atom stereocenters. The van der Waals surface area contributed by atoms with E-state index in [1.807, 2.05) is 20.8 Å². The van der Waals surface area contributed by atoms with E-state index >= 15 is 0 Å². The van der Waals surface area contributed by atoms with Crippen LogP contribution in [0.15, 0.2) is 0 Å². The molecule has 1 aromatic heterocycles. The predicted octanol–water partition coefficient (Wildman–Crippen LogP) is 2.89. The minimum absolute atomic E-state index is 0.376. The summed E-state index contributed by atoms with van der Waals surface area (Å²) >= 11 is 1.28. The summed E-state index contributed by atoms with van der Waals surface area (Å²) in [6, 6.07) is 2.12. The summed E-state index contributed by atoms with van der Waals surface area (Å²) in [6.07, 6.45) is 1.22. The number of nitrogens with zero attached hydrogens (tertiary/aromatic N) is 2. The number of carbonyl (C=O) groups excluding carboxylic acids is 1. The van der Waals surface area contributed by atoms with Gasteiger partial charge in [-0.2, -0.15) is 5.26 Å². The average molecular weight is 279 g/mol. The molecule has 0 spiro atoms. The van der Waals surface area contributed by atoms with Crippen molar-refractivity contribution in [2.24, 2.45) is 0 Å². The highest BCUT2D eigenvalue weighted by Crippen LogP contribution is 2.41. The van der Waals surface area contributed by atoms with Crippen LogP contribution in [-0.2, 0) is 11.2 Å². The second kappa shape index (κ2) is 4.74. The van der Waals surface area contributed by atoms with Crippen LogP contribution in [0.4, 0.5) is 14.8 Å². The molecule has 0 saturated heterocycles. The van der Waals surface area contributed by atoms with Crippen molar-refractivity contribution in [1.29, 1.82) is 5.26 Å². The van der Waals surface area contributed by atoms with Gasteiger partial charge in [0.15, 0.2) is 0 Å². The number of thiophene rings is 1. The van der Waals surface area contributed by atoms with E-state index < -0.39 is 5.60 Å². The highest BCUT2D eigenvalue weighted by molar-refractivity contribution is 7.20. The lowest BCUT2D eigenvalue weighted by atomic mass is 10.0. The van der Waals surface area contributed by atoms with Gasteiger partial charge < -0.3 is 10.5 Å². The van der Waals surface area contributed by atoms with Gasteiger partial charge in [0.2, 0.25) is 0 Å². The van der Waals surface area contributed by atoms with Crippen molar-refractivity contribution in [1.82, 2.24) is 0 Å². The fourth-order valence-corrected chi connectivity index (χ4v) is 3.13. The Morgan fingerprint density at radius 1 is 1.53 bits per heavy atom. The fourth-order valence-electron chi connectivity index (χ4n) is 2.05. The third-order valence-corrected chi connectivity index (χ3v) is 3.88. The molecule has 0 aliphatic carbocycles. The Kier molecular flexibility index (Phi) is 3.42. The van der Waals surface area contributed by atoms with Gasteiger partial charge in [0.1, 0.15) is 21.7 Å². The zero-order valence-corrected chi connectivity index (χ0v) is 12.1. The minimum Gasteiger partial charge on any atom is -0.443 e. The van der Waals surface area contributed by atoms with Gasteiger partial charge in [0.25, 0.3) is 0 Å². The minimum atomic E-state index is -0.532. The number of nitriles is 1. The molecule has 1 amide bonds. The summed E-state index contributed by atoms with van der Waals surface area (Å²) in [5, 5.41) is 10.4. The Morgan fingerprint density at radius 2 is 2.21 bits per heavy atom. The average Bonchev–Trinajstić information content (AvgIpc) is 2.61. The van der Waals surface area contributed by atoms with Crippen LogP contribution in [-0.4, -0.2) is 18.2 Å². The zero-order chi connectivity index (χ0) is 14.2. The van der Waals surface area contributed by atoms with Gasteiger partial charge in [-0.05, 0) is 33.6 Å². The van der Waals surface area contributed by atoms with Crippen molar-refractivity contribution in [3.05, 3.63) is 11.1 Å². The summed E-state index contributed by atoms with van der Waals surface area (Å²) in [5.41, 5.74) is 6.69. The molecule has 2 rings (SSSR count). The van der Waals surface area contributed by atoms with Crippen LogP contribution >= 0.6 is 11.3 Å². The van der Waals surface area contributed by atoms with Crippen LogP contribution in [0.3, 0.4) is 0 Å². The van der Waals surface area contributed by atoms with Gasteiger partial charge in [-0.15, -0.1) is 0 Å². The maximum Gasteiger partial charge on any atom is 0.415 e. The van der Waals surface area contributed by atoms with E-state index in [4.69, 9.17) is 15.7 Å². The molecule has 1 aromatic rings. The first-order chi connectivity index (χ1) is 8.83. The van der Waals surface area contributed by atoms with E-state index in [0.29, 0.717) is 17.1 Å². The SMILES string of the molecule is CC(C)(C)OC(=O)N1CCCc2c1sc(N)c2C#N. The second-order valence-corrected chi connectivity index (χ2v) is 6.50. The smallest absolute Gasteiger partial charge is 0.415 e. The Bertz CT molecular complexity index is 551. The lowest BCUT2D eigenvalue weighted by Crippen LogP contribution is -2.39. The van der Waals surface area contributed by atoms with Crippen LogP contribution in [0, 0.1) is 11.3 Å². The van der Waals surface area contributed by atoms with Crippen molar-refractivity contribution in [2.75, 3.05) is 17.2 Å².